The van der Waals surface area contributed by atoms with Crippen molar-refractivity contribution in [2.45, 2.75) is 31.0 Å². The molecule has 1 aromatic heterocycles. The van der Waals surface area contributed by atoms with Crippen LogP contribution in [0.4, 0.5) is 17.1 Å². The third-order valence-corrected chi connectivity index (χ3v) is 7.58. The van der Waals surface area contributed by atoms with Gasteiger partial charge in [0.15, 0.2) is 0 Å². The van der Waals surface area contributed by atoms with Crippen LogP contribution in [-0.2, 0) is 25.6 Å². The second kappa shape index (κ2) is 16.0. The fourth-order valence-corrected chi connectivity index (χ4v) is 5.03. The Balaban J connectivity index is 1.50. The zero-order valence-corrected chi connectivity index (χ0v) is 26.6. The van der Waals surface area contributed by atoms with Gasteiger partial charge in [-0.05, 0) is 54.6 Å². The Morgan fingerprint density at radius 3 is 1.49 bits per heavy atom. The van der Waals surface area contributed by atoms with E-state index in [1.54, 1.807) is 0 Å². The number of aliphatic carboxylic acids is 1. The standard InChI is InChI=1S/C34H32N8O9/c43-16-27-34(51)39-23-9-2-4-18(11-23)29(46)40-25(13-24-15-35-17-36-24)32(49)37-21-7-1-5-19(10-21)30(47)41-26(14-28(44)45)33(50)38-22-8-3-6-20(12-22)31(48)42-27/h1-12,15,17,25-27,43H,13-14,16H2,(H,35,36)(H,37,49)(H,38,50)(H,39,51)(H,40,46)(H,41,47)(H,42,48)(H,44,45)/t25-,26-,27-/m0/s1. The highest BCUT2D eigenvalue weighted by Crippen LogP contribution is 2.17. The maximum atomic E-state index is 13.5. The molecule has 2 heterocycles. The molecule has 1 aliphatic rings. The molecule has 4 aromatic rings. The minimum atomic E-state index is -1.56. The number of benzene rings is 3. The van der Waals surface area contributed by atoms with Crippen molar-refractivity contribution in [1.29, 1.82) is 0 Å². The number of aliphatic hydroxyl groups is 1. The SMILES string of the molecule is O=C(O)C[C@@H]1NC(=O)c2cccc(c2)NC(=O)[C@H](Cc2cnc[nH]2)NC(=O)c2cccc(c2)NC(=O)[C@H](CO)NC(=O)c2cccc(c2)NC1=O. The van der Waals surface area contributed by atoms with Gasteiger partial charge in [0.2, 0.25) is 17.7 Å². The molecule has 17 nitrogen and oxygen atoms in total. The molecular weight excluding hydrogens is 664 g/mol. The van der Waals surface area contributed by atoms with Crippen molar-refractivity contribution in [3.8, 4) is 0 Å². The summed E-state index contributed by atoms with van der Waals surface area (Å²) in [5, 5.41) is 34.5. The molecule has 1 aliphatic heterocycles. The van der Waals surface area contributed by atoms with Crippen LogP contribution >= 0.6 is 0 Å². The van der Waals surface area contributed by atoms with Crippen molar-refractivity contribution < 1.29 is 43.8 Å². The minimum absolute atomic E-state index is 0.0138. The molecule has 0 spiro atoms. The van der Waals surface area contributed by atoms with Gasteiger partial charge in [-0.3, -0.25) is 33.6 Å². The van der Waals surface area contributed by atoms with Crippen LogP contribution < -0.4 is 31.9 Å². The van der Waals surface area contributed by atoms with Gasteiger partial charge in [-0.1, -0.05) is 18.2 Å². The number of hydrogen-bond acceptors (Lipinski definition) is 9. The van der Waals surface area contributed by atoms with Crippen LogP contribution in [0, 0.1) is 0 Å². The topological polar surface area (TPSA) is 261 Å². The van der Waals surface area contributed by atoms with E-state index in [2.05, 4.69) is 41.9 Å². The van der Waals surface area contributed by atoms with Crippen LogP contribution in [0.2, 0.25) is 0 Å². The van der Waals surface area contributed by atoms with Crippen LogP contribution in [0.1, 0.15) is 43.2 Å². The maximum absolute atomic E-state index is 13.5. The van der Waals surface area contributed by atoms with E-state index < -0.39 is 72.6 Å². The Bertz CT molecular complexity index is 1980. The van der Waals surface area contributed by atoms with Crippen LogP contribution in [0.15, 0.2) is 85.3 Å². The molecule has 0 aliphatic carbocycles. The largest absolute Gasteiger partial charge is 0.481 e. The second-order valence-electron chi connectivity index (χ2n) is 11.3. The van der Waals surface area contributed by atoms with Crippen molar-refractivity contribution in [1.82, 2.24) is 25.9 Å². The number of imidazole rings is 1. The number of carbonyl (C=O) groups excluding carboxylic acids is 6. The first-order valence-electron chi connectivity index (χ1n) is 15.4. The Morgan fingerprint density at radius 1 is 0.627 bits per heavy atom. The van der Waals surface area contributed by atoms with E-state index in [1.807, 2.05) is 0 Å². The molecule has 6 bridgehead atoms. The average molecular weight is 697 g/mol. The smallest absolute Gasteiger partial charge is 0.305 e. The molecule has 6 amide bonds. The monoisotopic (exact) mass is 696 g/mol. The highest BCUT2D eigenvalue weighted by Gasteiger charge is 2.27. The van der Waals surface area contributed by atoms with Gasteiger partial charge in [0.1, 0.15) is 18.1 Å². The van der Waals surface area contributed by atoms with Crippen molar-refractivity contribution in [3.05, 3.63) is 108 Å². The summed E-state index contributed by atoms with van der Waals surface area (Å²) in [4.78, 5) is 97.9. The van der Waals surface area contributed by atoms with E-state index in [0.29, 0.717) is 5.69 Å². The predicted octanol–water partition coefficient (Wildman–Crippen LogP) is 0.644. The molecule has 0 unspecified atom stereocenters. The fourth-order valence-electron chi connectivity index (χ4n) is 5.03. The molecule has 0 radical (unpaired) electrons. The highest BCUT2D eigenvalue weighted by molar-refractivity contribution is 6.06. The van der Waals surface area contributed by atoms with E-state index >= 15 is 0 Å². The van der Waals surface area contributed by atoms with Crippen LogP contribution in [0.25, 0.3) is 0 Å². The molecule has 17 heteroatoms. The number of amides is 6. The number of aromatic nitrogens is 2. The Morgan fingerprint density at radius 2 is 1.06 bits per heavy atom. The number of fused-ring (bicyclic) bond motifs is 6. The lowest BCUT2D eigenvalue weighted by atomic mass is 10.1. The zero-order valence-electron chi connectivity index (χ0n) is 26.6. The van der Waals surface area contributed by atoms with Crippen LogP contribution in [0.5, 0.6) is 0 Å². The molecule has 5 rings (SSSR count). The summed E-state index contributed by atoms with van der Waals surface area (Å²) in [5.41, 5.74) is 0.932. The van der Waals surface area contributed by atoms with Crippen LogP contribution in [-0.4, -0.2) is 86.3 Å². The lowest BCUT2D eigenvalue weighted by Crippen LogP contribution is -2.46. The number of aliphatic hydroxyl groups excluding tert-OH is 1. The molecule has 3 atom stereocenters. The van der Waals surface area contributed by atoms with Gasteiger partial charge >= 0.3 is 5.97 Å². The molecule has 3 aromatic carbocycles. The van der Waals surface area contributed by atoms with Crippen molar-refractivity contribution >= 4 is 58.5 Å². The van der Waals surface area contributed by atoms with E-state index in [1.165, 1.54) is 85.3 Å². The van der Waals surface area contributed by atoms with Crippen LogP contribution in [0.3, 0.4) is 0 Å². The minimum Gasteiger partial charge on any atom is -0.481 e. The fraction of sp³-hybridized carbons (Fsp3) is 0.176. The Labute approximate surface area is 289 Å². The molecule has 51 heavy (non-hydrogen) atoms. The molecule has 0 fully saturated rings. The van der Waals surface area contributed by atoms with Gasteiger partial charge in [-0.25, -0.2) is 4.98 Å². The third kappa shape index (κ3) is 9.39. The average Bonchev–Trinajstić information content (AvgIpc) is 3.63. The summed E-state index contributed by atoms with van der Waals surface area (Å²) in [5.74, 6) is -6.07. The number of rotatable bonds is 5. The molecular formula is C34H32N8O9. The van der Waals surface area contributed by atoms with E-state index in [-0.39, 0.29) is 40.2 Å². The second-order valence-corrected chi connectivity index (χ2v) is 11.3. The number of hydrogen-bond donors (Lipinski definition) is 9. The summed E-state index contributed by atoms with van der Waals surface area (Å²) in [6.45, 7) is -0.794. The molecule has 262 valence electrons. The number of nitrogens with zero attached hydrogens (tertiary/aromatic N) is 1. The van der Waals surface area contributed by atoms with E-state index in [9.17, 15) is 43.8 Å². The summed E-state index contributed by atoms with van der Waals surface area (Å²) in [7, 11) is 0. The number of carboxylic acid groups (broad SMARTS) is 1. The van der Waals surface area contributed by atoms with Gasteiger partial charge in [-0.2, -0.15) is 0 Å². The highest BCUT2D eigenvalue weighted by atomic mass is 16.4. The predicted molar refractivity (Wildman–Crippen MR) is 181 cm³/mol. The maximum Gasteiger partial charge on any atom is 0.305 e. The number of aromatic amines is 1. The van der Waals surface area contributed by atoms with Gasteiger partial charge in [-0.15, -0.1) is 0 Å². The normalized spacial score (nSPS) is 18.9. The van der Waals surface area contributed by atoms with Gasteiger partial charge < -0.3 is 47.1 Å². The number of anilines is 3. The summed E-state index contributed by atoms with van der Waals surface area (Å²) >= 11 is 0. The van der Waals surface area contributed by atoms with Crippen molar-refractivity contribution in [2.75, 3.05) is 22.6 Å². The number of nitrogens with one attached hydrogen (secondary N) is 7. The molecule has 9 N–H and O–H groups in total. The lowest BCUT2D eigenvalue weighted by Gasteiger charge is -2.20. The summed E-state index contributed by atoms with van der Waals surface area (Å²) < 4.78 is 0. The molecule has 0 saturated heterocycles. The number of H-pyrrole nitrogens is 1. The zero-order chi connectivity index (χ0) is 36.5. The quantitative estimate of drug-likeness (QED) is 0.141. The Kier molecular flexibility index (Phi) is 11.1. The summed E-state index contributed by atoms with van der Waals surface area (Å²) in [6, 6.07) is 12.7. The van der Waals surface area contributed by atoms with E-state index in [4.69, 9.17) is 0 Å². The summed E-state index contributed by atoms with van der Waals surface area (Å²) in [6.07, 6.45) is 2.07. The first-order chi connectivity index (χ1) is 24.5. The van der Waals surface area contributed by atoms with Crippen molar-refractivity contribution in [3.63, 3.8) is 0 Å². The first-order valence-corrected chi connectivity index (χ1v) is 15.4. The number of carbonyl (C=O) groups is 7. The Hall–Kier alpha value is -6.88. The number of carboxylic acids is 1. The molecule has 0 saturated carbocycles. The van der Waals surface area contributed by atoms with E-state index in [0.717, 1.165) is 0 Å². The first kappa shape index (κ1) is 35.4. The lowest BCUT2D eigenvalue weighted by molar-refractivity contribution is -0.139. The van der Waals surface area contributed by atoms with Gasteiger partial charge in [0.05, 0.1) is 19.4 Å². The van der Waals surface area contributed by atoms with Gasteiger partial charge in [0.25, 0.3) is 17.7 Å². The van der Waals surface area contributed by atoms with Gasteiger partial charge in [0, 0.05) is 52.1 Å². The van der Waals surface area contributed by atoms with Crippen molar-refractivity contribution in [2.24, 2.45) is 0 Å². The third-order valence-electron chi connectivity index (χ3n) is 7.58.